The molecule has 0 aliphatic rings. The summed E-state index contributed by atoms with van der Waals surface area (Å²) >= 11 is 0. The quantitative estimate of drug-likeness (QED) is 0.749. The lowest BCUT2D eigenvalue weighted by Gasteiger charge is -2.16. The van der Waals surface area contributed by atoms with Gasteiger partial charge in [0.05, 0.1) is 0 Å². The molecule has 0 aliphatic carbocycles. The molecule has 0 N–H and O–H groups in total. The summed E-state index contributed by atoms with van der Waals surface area (Å²) in [7, 11) is -1.55. The topological polar surface area (TPSA) is 12.9 Å². The summed E-state index contributed by atoms with van der Waals surface area (Å²) < 4.78 is 0. The highest BCUT2D eigenvalue weighted by Crippen LogP contribution is 2.08. The normalized spacial score (nSPS) is 11.9. The Bertz CT molecular complexity index is 489. The molecule has 1 aromatic carbocycles. The van der Waals surface area contributed by atoms with E-state index in [1.54, 1.807) is 0 Å². The van der Waals surface area contributed by atoms with Crippen molar-refractivity contribution in [2.45, 2.75) is 13.1 Å². The Morgan fingerprint density at radius 3 is 2.29 bits per heavy atom. The smallest absolute Gasteiger partial charge is 0.127 e. The zero-order valence-corrected chi connectivity index (χ0v) is 11.3. The Hall–Kier alpha value is -1.67. The van der Waals surface area contributed by atoms with Crippen LogP contribution < -0.4 is 5.32 Å². The summed E-state index contributed by atoms with van der Waals surface area (Å²) in [6.45, 7) is 4.63. The molecular weight excluding hydrogens is 222 g/mol. The molecule has 2 rings (SSSR count). The van der Waals surface area contributed by atoms with E-state index in [1.165, 1.54) is 10.9 Å². The van der Waals surface area contributed by atoms with Crippen LogP contribution in [-0.2, 0) is 0 Å². The van der Waals surface area contributed by atoms with Gasteiger partial charge in [-0.2, -0.15) is 0 Å². The molecule has 0 aliphatic heterocycles. The lowest BCUT2D eigenvalue weighted by Crippen LogP contribution is -2.41. The molecule has 1 aromatic heterocycles. The number of nitrogens with zero attached hydrogens (tertiary/aromatic N) is 1. The van der Waals surface area contributed by atoms with E-state index in [4.69, 9.17) is 0 Å². The van der Waals surface area contributed by atoms with Crippen LogP contribution in [0, 0.1) is 0 Å². The van der Waals surface area contributed by atoms with Gasteiger partial charge in [0.25, 0.3) is 0 Å². The third-order valence-electron chi connectivity index (χ3n) is 2.82. The third-order valence-corrected chi connectivity index (χ3v) is 5.43. The minimum Gasteiger partial charge on any atom is -0.266 e. The first kappa shape index (κ1) is 11.8. The Labute approximate surface area is 104 Å². The van der Waals surface area contributed by atoms with Gasteiger partial charge in [-0.3, -0.25) is 4.98 Å². The summed E-state index contributed by atoms with van der Waals surface area (Å²) in [5, 5.41) is 1.23. The fourth-order valence-corrected chi connectivity index (χ4v) is 3.41. The van der Waals surface area contributed by atoms with Crippen molar-refractivity contribution in [1.29, 1.82) is 0 Å². The zero-order valence-electron chi connectivity index (χ0n) is 10.3. The highest BCUT2D eigenvalue weighted by molar-refractivity contribution is 6.93. The number of pyridine rings is 1. The second kappa shape index (κ2) is 5.10. The van der Waals surface area contributed by atoms with E-state index in [0.29, 0.717) is 0 Å². The summed E-state index contributed by atoms with van der Waals surface area (Å²) in [6.07, 6.45) is 4.08. The van der Waals surface area contributed by atoms with Crippen molar-refractivity contribution in [2.75, 3.05) is 0 Å². The van der Waals surface area contributed by atoms with E-state index in [1.807, 2.05) is 18.3 Å². The third kappa shape index (κ3) is 3.14. The van der Waals surface area contributed by atoms with Gasteiger partial charge in [-0.15, -0.1) is 0 Å². The Morgan fingerprint density at radius 2 is 1.65 bits per heavy atom. The molecule has 0 bridgehead atoms. The molecule has 86 valence electrons. The SMILES string of the molecule is C[Si](C)(C=Cc1ccccc1)c1ccccn1. The van der Waals surface area contributed by atoms with Crippen molar-refractivity contribution in [3.05, 3.63) is 66.0 Å². The van der Waals surface area contributed by atoms with Crippen LogP contribution in [0.1, 0.15) is 5.56 Å². The molecule has 2 heteroatoms. The van der Waals surface area contributed by atoms with Crippen molar-refractivity contribution >= 4 is 19.5 Å². The molecule has 0 spiro atoms. The maximum absolute atomic E-state index is 4.47. The first-order valence-corrected chi connectivity index (χ1v) is 8.92. The molecule has 0 unspecified atom stereocenters. The lowest BCUT2D eigenvalue weighted by atomic mass is 10.2. The van der Waals surface area contributed by atoms with Gasteiger partial charge >= 0.3 is 0 Å². The van der Waals surface area contributed by atoms with E-state index in [0.717, 1.165) is 0 Å². The van der Waals surface area contributed by atoms with Crippen LogP contribution in [0.15, 0.2) is 60.4 Å². The van der Waals surface area contributed by atoms with Gasteiger partial charge in [-0.05, 0) is 17.7 Å². The van der Waals surface area contributed by atoms with E-state index in [-0.39, 0.29) is 0 Å². The van der Waals surface area contributed by atoms with E-state index >= 15 is 0 Å². The van der Waals surface area contributed by atoms with E-state index in [2.05, 4.69) is 66.3 Å². The molecule has 0 saturated carbocycles. The first-order chi connectivity index (χ1) is 8.18. The number of hydrogen-bond acceptors (Lipinski definition) is 1. The predicted molar refractivity (Wildman–Crippen MR) is 76.8 cm³/mol. The number of hydrogen-bond donors (Lipinski definition) is 0. The number of aromatic nitrogens is 1. The van der Waals surface area contributed by atoms with Gasteiger partial charge in [0.1, 0.15) is 8.07 Å². The molecular formula is C15H17NSi. The first-order valence-electron chi connectivity index (χ1n) is 5.84. The second-order valence-corrected chi connectivity index (χ2v) is 8.97. The molecule has 0 atom stereocenters. The average molecular weight is 239 g/mol. The Kier molecular flexibility index (Phi) is 3.54. The maximum Gasteiger partial charge on any atom is 0.127 e. The molecule has 0 radical (unpaired) electrons. The Balaban J connectivity index is 2.21. The number of rotatable bonds is 3. The predicted octanol–water partition coefficient (Wildman–Crippen LogP) is 3.25. The molecule has 1 heterocycles. The molecule has 0 fully saturated rings. The van der Waals surface area contributed by atoms with E-state index in [9.17, 15) is 0 Å². The van der Waals surface area contributed by atoms with Crippen LogP contribution in [0.5, 0.6) is 0 Å². The van der Waals surface area contributed by atoms with Crippen LogP contribution in [0.25, 0.3) is 6.08 Å². The lowest BCUT2D eigenvalue weighted by molar-refractivity contribution is 1.37. The minimum atomic E-state index is -1.55. The van der Waals surface area contributed by atoms with Crippen LogP contribution in [-0.4, -0.2) is 13.1 Å². The summed E-state index contributed by atoms with van der Waals surface area (Å²) in [5.74, 6) is 0. The molecule has 0 amide bonds. The molecule has 1 nitrogen and oxygen atoms in total. The highest BCUT2D eigenvalue weighted by atomic mass is 28.3. The van der Waals surface area contributed by atoms with Gasteiger partial charge in [0.2, 0.25) is 0 Å². The fraction of sp³-hybridized carbons (Fsp3) is 0.133. The highest BCUT2D eigenvalue weighted by Gasteiger charge is 2.20. The standard InChI is InChI=1S/C15H17NSi/c1-17(2,15-10-6-7-12-16-15)13-11-14-8-4-3-5-9-14/h3-13H,1-2H3. The molecule has 17 heavy (non-hydrogen) atoms. The zero-order chi connectivity index (χ0) is 12.1. The Morgan fingerprint density at radius 1 is 0.941 bits per heavy atom. The van der Waals surface area contributed by atoms with Crippen LogP contribution >= 0.6 is 0 Å². The van der Waals surface area contributed by atoms with Gasteiger partial charge < -0.3 is 0 Å². The molecule has 0 saturated heterocycles. The van der Waals surface area contributed by atoms with Gasteiger partial charge in [-0.25, -0.2) is 0 Å². The van der Waals surface area contributed by atoms with Crippen LogP contribution in [0.4, 0.5) is 0 Å². The second-order valence-electron chi connectivity index (χ2n) is 4.68. The van der Waals surface area contributed by atoms with Gasteiger partial charge in [0.15, 0.2) is 0 Å². The summed E-state index contributed by atoms with van der Waals surface area (Å²) in [5.41, 5.74) is 3.59. The summed E-state index contributed by atoms with van der Waals surface area (Å²) in [6, 6.07) is 16.6. The van der Waals surface area contributed by atoms with Gasteiger partial charge in [-0.1, -0.05) is 61.3 Å². The largest absolute Gasteiger partial charge is 0.266 e. The number of benzene rings is 1. The maximum atomic E-state index is 4.47. The van der Waals surface area contributed by atoms with Crippen molar-refractivity contribution in [2.24, 2.45) is 0 Å². The average Bonchev–Trinajstić information content (AvgIpc) is 2.39. The van der Waals surface area contributed by atoms with Crippen molar-refractivity contribution < 1.29 is 0 Å². The van der Waals surface area contributed by atoms with Crippen LogP contribution in [0.2, 0.25) is 13.1 Å². The summed E-state index contributed by atoms with van der Waals surface area (Å²) in [4.78, 5) is 4.47. The van der Waals surface area contributed by atoms with E-state index < -0.39 is 8.07 Å². The van der Waals surface area contributed by atoms with Gasteiger partial charge in [0, 0.05) is 11.5 Å². The minimum absolute atomic E-state index is 1.23. The van der Waals surface area contributed by atoms with Crippen molar-refractivity contribution in [3.63, 3.8) is 0 Å². The molecule has 2 aromatic rings. The van der Waals surface area contributed by atoms with Crippen molar-refractivity contribution in [1.82, 2.24) is 4.98 Å². The monoisotopic (exact) mass is 239 g/mol. The van der Waals surface area contributed by atoms with Crippen molar-refractivity contribution in [3.8, 4) is 0 Å². The van der Waals surface area contributed by atoms with Crippen LogP contribution in [0.3, 0.4) is 0 Å². The fourth-order valence-electron chi connectivity index (χ4n) is 1.70.